The van der Waals surface area contributed by atoms with Crippen LogP contribution in [0, 0.1) is 0 Å². The van der Waals surface area contributed by atoms with Gasteiger partial charge in [0, 0.05) is 11.4 Å². The lowest BCUT2D eigenvalue weighted by Gasteiger charge is -2.05. The van der Waals surface area contributed by atoms with E-state index in [-0.39, 0.29) is 11.6 Å². The number of nitrogens with one attached hydrogen (secondary N) is 1. The smallest absolute Gasteiger partial charge is 0.355 e. The van der Waals surface area contributed by atoms with Crippen molar-refractivity contribution in [2.75, 3.05) is 7.11 Å². The molecular weight excluding hydrogens is 226 g/mol. The third kappa shape index (κ3) is 3.52. The standard InChI is InChI=1S/C7H10BrNO3/c1-4(8)6(7(11)12-3)9-5(2)10/h1-3H3,(H,9,10)/b6-4-. The number of carbonyl (C=O) groups is 2. The highest BCUT2D eigenvalue weighted by Crippen LogP contribution is 2.09. The molecule has 0 aromatic carbocycles. The zero-order chi connectivity index (χ0) is 9.72. The van der Waals surface area contributed by atoms with Crippen LogP contribution in [0.25, 0.3) is 0 Å². The van der Waals surface area contributed by atoms with Crippen molar-refractivity contribution in [3.63, 3.8) is 0 Å². The normalized spacial score (nSPS) is 11.7. The minimum atomic E-state index is -0.570. The van der Waals surface area contributed by atoms with Crippen molar-refractivity contribution in [1.82, 2.24) is 5.32 Å². The first-order valence-electron chi connectivity index (χ1n) is 3.21. The SMILES string of the molecule is COC(=O)/C(NC(C)=O)=C(\C)Br. The Morgan fingerprint density at radius 1 is 1.33 bits per heavy atom. The van der Waals surface area contributed by atoms with Gasteiger partial charge in [0.2, 0.25) is 5.91 Å². The topological polar surface area (TPSA) is 55.4 Å². The number of allylic oxidation sites excluding steroid dienone is 1. The van der Waals surface area contributed by atoms with E-state index in [0.717, 1.165) is 0 Å². The molecule has 4 nitrogen and oxygen atoms in total. The third-order valence-electron chi connectivity index (χ3n) is 1.04. The lowest BCUT2D eigenvalue weighted by molar-refractivity contribution is -0.137. The Morgan fingerprint density at radius 3 is 2.08 bits per heavy atom. The molecule has 5 heteroatoms. The molecule has 0 fully saturated rings. The van der Waals surface area contributed by atoms with E-state index in [2.05, 4.69) is 26.0 Å². The number of rotatable bonds is 2. The number of methoxy groups -OCH3 is 1. The Balaban J connectivity index is 4.58. The molecule has 0 aliphatic carbocycles. The first-order valence-corrected chi connectivity index (χ1v) is 4.00. The average Bonchev–Trinajstić information content (AvgIpc) is 1.98. The molecule has 0 rings (SSSR count). The molecule has 0 heterocycles. The number of carbonyl (C=O) groups excluding carboxylic acids is 2. The monoisotopic (exact) mass is 235 g/mol. The van der Waals surface area contributed by atoms with E-state index in [4.69, 9.17) is 0 Å². The van der Waals surface area contributed by atoms with E-state index in [1.54, 1.807) is 6.92 Å². The van der Waals surface area contributed by atoms with Crippen molar-refractivity contribution in [1.29, 1.82) is 0 Å². The first kappa shape index (κ1) is 11.2. The summed E-state index contributed by atoms with van der Waals surface area (Å²) in [6.07, 6.45) is 0. The molecule has 12 heavy (non-hydrogen) atoms. The third-order valence-corrected chi connectivity index (χ3v) is 1.43. The van der Waals surface area contributed by atoms with Gasteiger partial charge in [0.25, 0.3) is 0 Å². The van der Waals surface area contributed by atoms with Crippen molar-refractivity contribution in [3.8, 4) is 0 Å². The van der Waals surface area contributed by atoms with Crippen molar-refractivity contribution in [2.45, 2.75) is 13.8 Å². The van der Waals surface area contributed by atoms with Gasteiger partial charge >= 0.3 is 5.97 Å². The largest absolute Gasteiger partial charge is 0.464 e. The Bertz CT molecular complexity index is 231. The fourth-order valence-electron chi connectivity index (χ4n) is 0.556. The Kier molecular flexibility index (Phi) is 4.58. The van der Waals surface area contributed by atoms with E-state index in [0.29, 0.717) is 4.48 Å². The minimum Gasteiger partial charge on any atom is -0.464 e. The van der Waals surface area contributed by atoms with Gasteiger partial charge in [-0.3, -0.25) is 4.79 Å². The van der Waals surface area contributed by atoms with Crippen molar-refractivity contribution >= 4 is 27.8 Å². The summed E-state index contributed by atoms with van der Waals surface area (Å²) in [7, 11) is 1.25. The summed E-state index contributed by atoms with van der Waals surface area (Å²) in [5.74, 6) is -0.881. The molecule has 1 N–H and O–H groups in total. The van der Waals surface area contributed by atoms with Crippen LogP contribution in [0.3, 0.4) is 0 Å². The first-order chi connectivity index (χ1) is 5.49. The number of hydrogen-bond acceptors (Lipinski definition) is 3. The molecule has 0 saturated carbocycles. The van der Waals surface area contributed by atoms with Gasteiger partial charge in [-0.05, 0) is 6.92 Å². The van der Waals surface area contributed by atoms with Crippen LogP contribution in [-0.4, -0.2) is 19.0 Å². The second-order valence-corrected chi connectivity index (χ2v) is 3.27. The summed E-state index contributed by atoms with van der Waals surface area (Å²) in [5.41, 5.74) is 0.130. The quantitative estimate of drug-likeness (QED) is 0.573. The number of amides is 1. The zero-order valence-electron chi connectivity index (χ0n) is 7.10. The van der Waals surface area contributed by atoms with Crippen LogP contribution in [0.4, 0.5) is 0 Å². The van der Waals surface area contributed by atoms with Crippen LogP contribution in [0.1, 0.15) is 13.8 Å². The maximum Gasteiger partial charge on any atom is 0.355 e. The lowest BCUT2D eigenvalue weighted by Crippen LogP contribution is -2.26. The molecule has 0 aliphatic heterocycles. The predicted molar refractivity (Wildman–Crippen MR) is 47.5 cm³/mol. The summed E-state index contributed by atoms with van der Waals surface area (Å²) >= 11 is 3.07. The van der Waals surface area contributed by atoms with Gasteiger partial charge in [-0.2, -0.15) is 0 Å². The van der Waals surface area contributed by atoms with Crippen molar-refractivity contribution < 1.29 is 14.3 Å². The molecule has 0 spiro atoms. The Morgan fingerprint density at radius 2 is 1.83 bits per heavy atom. The van der Waals surface area contributed by atoms with Crippen LogP contribution < -0.4 is 5.32 Å². The molecule has 1 amide bonds. The van der Waals surface area contributed by atoms with Gasteiger partial charge in [0.1, 0.15) is 5.70 Å². The Hall–Kier alpha value is -0.840. The number of esters is 1. The molecule has 0 aromatic heterocycles. The molecule has 0 unspecified atom stereocenters. The second kappa shape index (κ2) is 4.92. The minimum absolute atomic E-state index is 0.130. The van der Waals surface area contributed by atoms with E-state index < -0.39 is 5.97 Å². The average molecular weight is 236 g/mol. The number of hydrogen-bond donors (Lipinski definition) is 1. The highest BCUT2D eigenvalue weighted by molar-refractivity contribution is 9.11. The second-order valence-electron chi connectivity index (χ2n) is 2.08. The van der Waals surface area contributed by atoms with E-state index in [9.17, 15) is 9.59 Å². The summed E-state index contributed by atoms with van der Waals surface area (Å²) in [6.45, 7) is 2.96. The molecule has 0 atom stereocenters. The van der Waals surface area contributed by atoms with Crippen LogP contribution in [0.5, 0.6) is 0 Å². The molecule has 0 bridgehead atoms. The maximum absolute atomic E-state index is 11.0. The van der Waals surface area contributed by atoms with Crippen LogP contribution in [-0.2, 0) is 14.3 Å². The molecule has 68 valence electrons. The molecule has 0 saturated heterocycles. The summed E-state index contributed by atoms with van der Waals surface area (Å²) in [5, 5.41) is 2.35. The van der Waals surface area contributed by atoms with Gasteiger partial charge in [0.15, 0.2) is 0 Å². The highest BCUT2D eigenvalue weighted by Gasteiger charge is 2.12. The predicted octanol–water partition coefficient (Wildman–Crippen LogP) is 0.922. The van der Waals surface area contributed by atoms with Crippen LogP contribution >= 0.6 is 15.9 Å². The summed E-state index contributed by atoms with van der Waals surface area (Å²) < 4.78 is 4.97. The zero-order valence-corrected chi connectivity index (χ0v) is 8.69. The van der Waals surface area contributed by atoms with Gasteiger partial charge in [-0.15, -0.1) is 0 Å². The fourth-order valence-corrected chi connectivity index (χ4v) is 0.817. The summed E-state index contributed by atoms with van der Waals surface area (Å²) in [4.78, 5) is 21.6. The molecule has 0 aromatic rings. The van der Waals surface area contributed by atoms with Gasteiger partial charge < -0.3 is 10.1 Å². The van der Waals surface area contributed by atoms with Crippen LogP contribution in [0.15, 0.2) is 10.2 Å². The maximum atomic E-state index is 11.0. The number of ether oxygens (including phenoxy) is 1. The van der Waals surface area contributed by atoms with Crippen molar-refractivity contribution in [3.05, 3.63) is 10.2 Å². The highest BCUT2D eigenvalue weighted by atomic mass is 79.9. The summed E-state index contributed by atoms with van der Waals surface area (Å²) in [6, 6.07) is 0. The molecular formula is C7H10BrNO3. The molecule has 0 aliphatic rings. The van der Waals surface area contributed by atoms with Gasteiger partial charge in [-0.25, -0.2) is 4.79 Å². The Labute approximate surface area is 79.1 Å². The number of halogens is 1. The van der Waals surface area contributed by atoms with Crippen molar-refractivity contribution in [2.24, 2.45) is 0 Å². The lowest BCUT2D eigenvalue weighted by atomic mass is 10.4. The van der Waals surface area contributed by atoms with Gasteiger partial charge in [-0.1, -0.05) is 15.9 Å². The van der Waals surface area contributed by atoms with E-state index >= 15 is 0 Å². The van der Waals surface area contributed by atoms with E-state index in [1.165, 1.54) is 14.0 Å². The molecule has 0 radical (unpaired) electrons. The van der Waals surface area contributed by atoms with Gasteiger partial charge in [0.05, 0.1) is 7.11 Å². The van der Waals surface area contributed by atoms with E-state index in [1.807, 2.05) is 0 Å². The van der Waals surface area contributed by atoms with Crippen LogP contribution in [0.2, 0.25) is 0 Å². The fraction of sp³-hybridized carbons (Fsp3) is 0.429.